The molecule has 0 aliphatic carbocycles. The van der Waals surface area contributed by atoms with Gasteiger partial charge in [-0.3, -0.25) is 4.79 Å². The number of rotatable bonds is 5. The summed E-state index contributed by atoms with van der Waals surface area (Å²) in [7, 11) is 0. The van der Waals surface area contributed by atoms with E-state index in [2.05, 4.69) is 20.4 Å². The van der Waals surface area contributed by atoms with Gasteiger partial charge in [0.25, 0.3) is 0 Å². The van der Waals surface area contributed by atoms with E-state index in [4.69, 9.17) is 4.52 Å². The van der Waals surface area contributed by atoms with Gasteiger partial charge in [-0.2, -0.15) is 0 Å². The van der Waals surface area contributed by atoms with Crippen LogP contribution in [-0.2, 0) is 4.79 Å². The lowest BCUT2D eigenvalue weighted by atomic mass is 9.91. The summed E-state index contributed by atoms with van der Waals surface area (Å²) in [5, 5.41) is 8.05. The first-order valence-corrected chi connectivity index (χ1v) is 9.04. The first-order valence-electron chi connectivity index (χ1n) is 9.04. The van der Waals surface area contributed by atoms with E-state index in [0.29, 0.717) is 37.6 Å². The Labute approximate surface area is 155 Å². The first kappa shape index (κ1) is 17.4. The highest BCUT2D eigenvalue weighted by molar-refractivity contribution is 5.80. The molecule has 140 valence electrons. The second-order valence-electron chi connectivity index (χ2n) is 6.61. The van der Waals surface area contributed by atoms with Gasteiger partial charge < -0.3 is 14.7 Å². The van der Waals surface area contributed by atoms with Crippen LogP contribution in [0.25, 0.3) is 11.0 Å². The van der Waals surface area contributed by atoms with Crippen LogP contribution in [0, 0.1) is 5.82 Å². The number of carbonyl (C=O) groups is 1. The molecule has 4 rings (SSSR count). The van der Waals surface area contributed by atoms with Gasteiger partial charge in [-0.15, -0.1) is 0 Å². The van der Waals surface area contributed by atoms with Crippen molar-refractivity contribution in [3.63, 3.8) is 0 Å². The van der Waals surface area contributed by atoms with Crippen molar-refractivity contribution >= 4 is 22.8 Å². The zero-order valence-electron chi connectivity index (χ0n) is 14.8. The lowest BCUT2D eigenvalue weighted by Gasteiger charge is -2.31. The molecule has 2 aromatic heterocycles. The Morgan fingerprint density at radius 2 is 2.04 bits per heavy atom. The molecule has 1 fully saturated rings. The highest BCUT2D eigenvalue weighted by Gasteiger charge is 2.27. The molecule has 1 aromatic carbocycles. The van der Waals surface area contributed by atoms with Crippen LogP contribution in [0.2, 0.25) is 0 Å². The van der Waals surface area contributed by atoms with Crippen LogP contribution in [0.4, 0.5) is 10.3 Å². The van der Waals surface area contributed by atoms with E-state index >= 15 is 0 Å². The van der Waals surface area contributed by atoms with Crippen molar-refractivity contribution in [2.45, 2.75) is 25.2 Å². The fraction of sp³-hybridized carbons (Fsp3) is 0.368. The Morgan fingerprint density at radius 1 is 1.26 bits per heavy atom. The molecule has 7 nitrogen and oxygen atoms in total. The Balaban J connectivity index is 1.29. The molecule has 0 atom stereocenters. The molecular weight excluding hydrogens is 349 g/mol. The van der Waals surface area contributed by atoms with Crippen molar-refractivity contribution in [2.75, 3.05) is 25.0 Å². The maximum Gasteiger partial charge on any atom is 0.224 e. The smallest absolute Gasteiger partial charge is 0.224 e. The molecule has 1 saturated heterocycles. The summed E-state index contributed by atoms with van der Waals surface area (Å²) >= 11 is 0. The summed E-state index contributed by atoms with van der Waals surface area (Å²) in [4.78, 5) is 22.4. The van der Waals surface area contributed by atoms with E-state index in [-0.39, 0.29) is 17.6 Å². The van der Waals surface area contributed by atoms with Gasteiger partial charge in [0.2, 0.25) is 11.9 Å². The van der Waals surface area contributed by atoms with Crippen LogP contribution < -0.4 is 5.32 Å². The standard InChI is InChI=1S/C19H20FN5O2/c20-14-2-3-15-16(12-14)27-24-18(15)13-5-10-25(11-6-13)17(26)4-9-23-19-21-7-1-8-22-19/h1-3,7-8,12-13H,4-6,9-11H2,(H,21,22,23). The molecule has 1 aliphatic heterocycles. The molecule has 0 unspecified atom stereocenters. The van der Waals surface area contributed by atoms with Crippen LogP contribution in [0.1, 0.15) is 30.9 Å². The Hall–Kier alpha value is -3.03. The van der Waals surface area contributed by atoms with Crippen LogP contribution >= 0.6 is 0 Å². The minimum absolute atomic E-state index is 0.115. The first-order chi connectivity index (χ1) is 13.2. The minimum atomic E-state index is -0.333. The number of nitrogens with one attached hydrogen (secondary N) is 1. The molecule has 3 aromatic rings. The third-order valence-corrected chi connectivity index (χ3v) is 4.88. The van der Waals surface area contributed by atoms with Gasteiger partial charge in [-0.25, -0.2) is 14.4 Å². The van der Waals surface area contributed by atoms with Crippen molar-refractivity contribution in [3.8, 4) is 0 Å². The topological polar surface area (TPSA) is 84.2 Å². The Morgan fingerprint density at radius 3 is 2.81 bits per heavy atom. The summed E-state index contributed by atoms with van der Waals surface area (Å²) in [6.45, 7) is 1.87. The number of hydrogen-bond acceptors (Lipinski definition) is 6. The van der Waals surface area contributed by atoms with Crippen LogP contribution in [0.5, 0.6) is 0 Å². The van der Waals surface area contributed by atoms with E-state index in [1.165, 1.54) is 12.1 Å². The zero-order valence-corrected chi connectivity index (χ0v) is 14.8. The van der Waals surface area contributed by atoms with Crippen molar-refractivity contribution in [3.05, 3.63) is 48.2 Å². The van der Waals surface area contributed by atoms with Gasteiger partial charge in [0.15, 0.2) is 5.58 Å². The largest absolute Gasteiger partial charge is 0.356 e. The summed E-state index contributed by atoms with van der Waals surface area (Å²) in [6.07, 6.45) is 5.35. The fourth-order valence-corrected chi connectivity index (χ4v) is 3.46. The Kier molecular flexibility index (Phi) is 4.95. The predicted molar refractivity (Wildman–Crippen MR) is 97.7 cm³/mol. The van der Waals surface area contributed by atoms with Crippen molar-refractivity contribution < 1.29 is 13.7 Å². The lowest BCUT2D eigenvalue weighted by Crippen LogP contribution is -2.38. The predicted octanol–water partition coefficient (Wildman–Crippen LogP) is 2.97. The van der Waals surface area contributed by atoms with Crippen molar-refractivity contribution in [1.82, 2.24) is 20.0 Å². The number of nitrogens with zero attached hydrogens (tertiary/aromatic N) is 4. The molecule has 1 N–H and O–H groups in total. The third-order valence-electron chi connectivity index (χ3n) is 4.88. The second kappa shape index (κ2) is 7.69. The number of likely N-dealkylation sites (tertiary alicyclic amines) is 1. The molecule has 0 radical (unpaired) electrons. The lowest BCUT2D eigenvalue weighted by molar-refractivity contribution is -0.131. The van der Waals surface area contributed by atoms with Gasteiger partial charge in [-0.1, -0.05) is 5.16 Å². The average Bonchev–Trinajstić information content (AvgIpc) is 3.12. The maximum absolute atomic E-state index is 13.3. The number of hydrogen-bond donors (Lipinski definition) is 1. The van der Waals surface area contributed by atoms with Gasteiger partial charge in [-0.05, 0) is 31.0 Å². The summed E-state index contributed by atoms with van der Waals surface area (Å²) in [6, 6.07) is 6.24. The minimum Gasteiger partial charge on any atom is -0.356 e. The number of fused-ring (bicyclic) bond motifs is 1. The second-order valence-corrected chi connectivity index (χ2v) is 6.61. The zero-order chi connectivity index (χ0) is 18.6. The normalized spacial score (nSPS) is 15.2. The molecule has 0 spiro atoms. The van der Waals surface area contributed by atoms with Gasteiger partial charge in [0, 0.05) is 55.8 Å². The molecule has 1 aliphatic rings. The monoisotopic (exact) mass is 369 g/mol. The van der Waals surface area contributed by atoms with Crippen LogP contribution in [-0.4, -0.2) is 45.6 Å². The number of amides is 1. The van der Waals surface area contributed by atoms with Crippen molar-refractivity contribution in [2.24, 2.45) is 0 Å². The summed E-state index contributed by atoms with van der Waals surface area (Å²) in [5.74, 6) is 0.527. The summed E-state index contributed by atoms with van der Waals surface area (Å²) in [5.41, 5.74) is 1.33. The number of carbonyl (C=O) groups excluding carboxylic acids is 1. The number of piperidine rings is 1. The summed E-state index contributed by atoms with van der Waals surface area (Å²) < 4.78 is 18.6. The van der Waals surface area contributed by atoms with Gasteiger partial charge >= 0.3 is 0 Å². The number of anilines is 1. The molecule has 1 amide bonds. The number of benzene rings is 1. The quantitative estimate of drug-likeness (QED) is 0.744. The van der Waals surface area contributed by atoms with Gasteiger partial charge in [0.1, 0.15) is 5.82 Å². The molecule has 0 bridgehead atoms. The van der Waals surface area contributed by atoms with Crippen LogP contribution in [0.3, 0.4) is 0 Å². The molecular formula is C19H20FN5O2. The molecule has 27 heavy (non-hydrogen) atoms. The highest BCUT2D eigenvalue weighted by atomic mass is 19.1. The SMILES string of the molecule is O=C(CCNc1ncccn1)N1CCC(c2noc3cc(F)ccc23)CC1. The third kappa shape index (κ3) is 3.89. The van der Waals surface area contributed by atoms with E-state index in [1.807, 2.05) is 4.90 Å². The van der Waals surface area contributed by atoms with Crippen molar-refractivity contribution in [1.29, 1.82) is 0 Å². The fourth-order valence-electron chi connectivity index (χ4n) is 3.46. The Bertz CT molecular complexity index is 922. The van der Waals surface area contributed by atoms with Crippen LogP contribution in [0.15, 0.2) is 41.2 Å². The number of aromatic nitrogens is 3. The molecule has 0 saturated carbocycles. The van der Waals surface area contributed by atoms with Gasteiger partial charge in [0.05, 0.1) is 5.69 Å². The molecule has 3 heterocycles. The van der Waals surface area contributed by atoms with E-state index in [0.717, 1.165) is 23.9 Å². The van der Waals surface area contributed by atoms with E-state index < -0.39 is 0 Å². The molecule has 8 heteroatoms. The maximum atomic E-state index is 13.3. The average molecular weight is 369 g/mol. The number of halogens is 1. The van der Waals surface area contributed by atoms with E-state index in [1.54, 1.807) is 24.5 Å². The highest BCUT2D eigenvalue weighted by Crippen LogP contribution is 2.32. The van der Waals surface area contributed by atoms with E-state index in [9.17, 15) is 9.18 Å².